The van der Waals surface area contributed by atoms with E-state index in [1.54, 1.807) is 94.1 Å². The standard InChI is InChI=1S/C23H24FN3O4.C18H16FN3O2/c1-23(2,3)30-22(29)26-20(12-15-4-6-17(24)7-5-15)21(28)14-18-13-19(27-31-18)16-8-10-25-11-9-16;19-14-3-1-12(2-4-14)9-16(20)18(23)11-15-10-17(22-24-15)13-5-7-21-8-6-13/h4-11,13,20H,12,14H2,1-3H3,(H,26,29);1-8,10,16H,9,11,20H2/t20-;16-/m00/s1. The van der Waals surface area contributed by atoms with Crippen molar-refractivity contribution < 1.29 is 36.9 Å². The Hall–Kier alpha value is -6.41. The number of carbonyl (C=O) groups is 3. The lowest BCUT2D eigenvalue weighted by Crippen LogP contribution is -2.45. The summed E-state index contributed by atoms with van der Waals surface area (Å²) < 4.78 is 41.9. The number of Topliss-reactive ketones (excluding diaryl/α,β-unsaturated/α-hetero) is 2. The molecule has 14 heteroatoms. The molecule has 0 fully saturated rings. The van der Waals surface area contributed by atoms with E-state index in [0.717, 1.165) is 16.7 Å². The zero-order valence-electron chi connectivity index (χ0n) is 30.4. The quantitative estimate of drug-likeness (QED) is 0.129. The number of nitrogens with one attached hydrogen (secondary N) is 1. The fraction of sp³-hybridized carbons (Fsp3) is 0.244. The Bertz CT molecular complexity index is 2150. The number of carbonyl (C=O) groups excluding carboxylic acids is 3. The largest absolute Gasteiger partial charge is 0.444 e. The van der Waals surface area contributed by atoms with Crippen molar-refractivity contribution in [1.29, 1.82) is 0 Å². The van der Waals surface area contributed by atoms with Gasteiger partial charge in [0.05, 0.1) is 24.9 Å². The molecular weight excluding hydrogens is 710 g/mol. The first-order valence-corrected chi connectivity index (χ1v) is 17.3. The molecule has 0 bridgehead atoms. The Morgan fingerprint density at radius 3 is 1.58 bits per heavy atom. The van der Waals surface area contributed by atoms with Crippen LogP contribution in [-0.4, -0.2) is 55.6 Å². The summed E-state index contributed by atoms with van der Waals surface area (Å²) in [6, 6.07) is 20.7. The number of aromatic nitrogens is 4. The average Bonchev–Trinajstić information content (AvgIpc) is 3.83. The van der Waals surface area contributed by atoms with Gasteiger partial charge in [0.25, 0.3) is 0 Å². The number of nitrogens with two attached hydrogens (primary N) is 1. The fourth-order valence-corrected chi connectivity index (χ4v) is 5.25. The van der Waals surface area contributed by atoms with Crippen LogP contribution in [0.3, 0.4) is 0 Å². The highest BCUT2D eigenvalue weighted by Gasteiger charge is 2.26. The Kier molecular flexibility index (Phi) is 13.4. The minimum Gasteiger partial charge on any atom is -0.444 e. The number of hydrogen-bond donors (Lipinski definition) is 2. The van der Waals surface area contributed by atoms with Gasteiger partial charge in [-0.25, -0.2) is 13.6 Å². The van der Waals surface area contributed by atoms with Gasteiger partial charge in [-0.05, 0) is 93.3 Å². The summed E-state index contributed by atoms with van der Waals surface area (Å²) in [5.74, 6) is -0.307. The molecule has 0 aliphatic rings. The van der Waals surface area contributed by atoms with E-state index < -0.39 is 23.8 Å². The number of rotatable bonds is 13. The van der Waals surface area contributed by atoms with Gasteiger partial charge in [-0.15, -0.1) is 0 Å². The summed E-state index contributed by atoms with van der Waals surface area (Å²) in [4.78, 5) is 45.4. The Balaban J connectivity index is 0.000000218. The summed E-state index contributed by atoms with van der Waals surface area (Å²) in [6.07, 6.45) is 6.43. The zero-order valence-corrected chi connectivity index (χ0v) is 30.4. The fourth-order valence-electron chi connectivity index (χ4n) is 5.25. The van der Waals surface area contributed by atoms with Gasteiger partial charge < -0.3 is 24.8 Å². The number of alkyl carbamates (subject to hydrolysis) is 1. The first-order chi connectivity index (χ1) is 26.3. The molecule has 6 rings (SSSR count). The third-order valence-corrected chi connectivity index (χ3v) is 7.98. The minimum atomic E-state index is -0.880. The van der Waals surface area contributed by atoms with Crippen molar-refractivity contribution in [2.75, 3.05) is 0 Å². The second-order valence-corrected chi connectivity index (χ2v) is 13.6. The molecule has 0 aliphatic carbocycles. The van der Waals surface area contributed by atoms with Crippen LogP contribution in [0, 0.1) is 11.6 Å². The first kappa shape index (κ1) is 39.8. The lowest BCUT2D eigenvalue weighted by molar-refractivity contribution is -0.121. The van der Waals surface area contributed by atoms with E-state index in [1.165, 1.54) is 24.3 Å². The van der Waals surface area contributed by atoms with E-state index in [1.807, 2.05) is 12.1 Å². The molecule has 0 saturated carbocycles. The molecule has 4 aromatic heterocycles. The molecule has 3 N–H and O–H groups in total. The summed E-state index contributed by atoms with van der Waals surface area (Å²) in [5.41, 5.74) is 9.65. The number of hydrogen-bond acceptors (Lipinski definition) is 11. The SMILES string of the molecule is CC(C)(C)OC(=O)N[C@@H](Cc1ccc(F)cc1)C(=O)Cc1cc(-c2ccncc2)no1.N[C@@H](Cc1ccc(F)cc1)C(=O)Cc1cc(-c2ccncc2)no1. The normalized spacial score (nSPS) is 12.2. The van der Waals surface area contributed by atoms with Crippen LogP contribution in [0.4, 0.5) is 13.6 Å². The van der Waals surface area contributed by atoms with Gasteiger partial charge in [0, 0.05) is 48.0 Å². The molecule has 0 radical (unpaired) electrons. The van der Waals surface area contributed by atoms with Crippen LogP contribution in [0.2, 0.25) is 0 Å². The second-order valence-electron chi connectivity index (χ2n) is 13.6. The van der Waals surface area contributed by atoms with Gasteiger partial charge in [-0.1, -0.05) is 34.6 Å². The maximum atomic E-state index is 13.2. The Morgan fingerprint density at radius 2 is 1.13 bits per heavy atom. The van der Waals surface area contributed by atoms with Crippen molar-refractivity contribution in [2.24, 2.45) is 5.73 Å². The van der Waals surface area contributed by atoms with E-state index in [2.05, 4.69) is 25.6 Å². The summed E-state index contributed by atoms with van der Waals surface area (Å²) >= 11 is 0. The van der Waals surface area contributed by atoms with E-state index in [-0.39, 0.29) is 42.5 Å². The monoisotopic (exact) mass is 750 g/mol. The molecule has 0 spiro atoms. The average molecular weight is 751 g/mol. The van der Waals surface area contributed by atoms with E-state index >= 15 is 0 Å². The highest BCUT2D eigenvalue weighted by molar-refractivity contribution is 5.89. The summed E-state index contributed by atoms with van der Waals surface area (Å²) in [7, 11) is 0. The molecular formula is C41H40F2N6O6. The van der Waals surface area contributed by atoms with Crippen LogP contribution < -0.4 is 11.1 Å². The molecule has 0 saturated heterocycles. The van der Waals surface area contributed by atoms with Gasteiger partial charge in [0.2, 0.25) is 0 Å². The number of nitrogens with zero attached hydrogens (tertiary/aromatic N) is 4. The minimum absolute atomic E-state index is 0.0697. The van der Waals surface area contributed by atoms with Gasteiger partial charge in [-0.3, -0.25) is 19.6 Å². The Labute approximate surface area is 316 Å². The number of halogens is 2. The molecule has 1 amide bonds. The van der Waals surface area contributed by atoms with Crippen LogP contribution >= 0.6 is 0 Å². The number of benzene rings is 2. The summed E-state index contributed by atoms with van der Waals surface area (Å²) in [6.45, 7) is 5.20. The van der Waals surface area contributed by atoms with Crippen molar-refractivity contribution in [3.8, 4) is 22.5 Å². The smallest absolute Gasteiger partial charge is 0.408 e. The molecule has 2 atom stereocenters. The molecule has 6 aromatic rings. The third kappa shape index (κ3) is 12.6. The lowest BCUT2D eigenvalue weighted by Gasteiger charge is -2.23. The van der Waals surface area contributed by atoms with Crippen molar-refractivity contribution in [3.63, 3.8) is 0 Å². The van der Waals surface area contributed by atoms with Gasteiger partial charge >= 0.3 is 6.09 Å². The van der Waals surface area contributed by atoms with Crippen molar-refractivity contribution in [1.82, 2.24) is 25.6 Å². The number of pyridine rings is 2. The number of ketones is 2. The molecule has 0 unspecified atom stereocenters. The van der Waals surface area contributed by atoms with E-state index in [9.17, 15) is 23.2 Å². The van der Waals surface area contributed by atoms with Crippen molar-refractivity contribution in [2.45, 2.75) is 64.1 Å². The van der Waals surface area contributed by atoms with Crippen molar-refractivity contribution in [3.05, 3.63) is 144 Å². The number of amides is 1. The van der Waals surface area contributed by atoms with Crippen LogP contribution in [0.25, 0.3) is 22.5 Å². The molecule has 2 aromatic carbocycles. The summed E-state index contributed by atoms with van der Waals surface area (Å²) in [5, 5.41) is 10.6. The second kappa shape index (κ2) is 18.6. The van der Waals surface area contributed by atoms with Crippen LogP contribution in [0.15, 0.2) is 119 Å². The van der Waals surface area contributed by atoms with Crippen LogP contribution in [0.1, 0.15) is 43.4 Å². The van der Waals surface area contributed by atoms with Gasteiger partial charge in [0.15, 0.2) is 11.6 Å². The molecule has 4 heterocycles. The molecule has 0 aliphatic heterocycles. The molecule has 12 nitrogen and oxygen atoms in total. The highest BCUT2D eigenvalue weighted by atomic mass is 19.1. The number of ether oxygens (including phenoxy) is 1. The van der Waals surface area contributed by atoms with Gasteiger partial charge in [-0.2, -0.15) is 0 Å². The van der Waals surface area contributed by atoms with Gasteiger partial charge in [0.1, 0.15) is 40.1 Å². The predicted molar refractivity (Wildman–Crippen MR) is 198 cm³/mol. The van der Waals surface area contributed by atoms with Crippen LogP contribution in [-0.2, 0) is 40.0 Å². The predicted octanol–water partition coefficient (Wildman–Crippen LogP) is 6.68. The van der Waals surface area contributed by atoms with E-state index in [0.29, 0.717) is 34.9 Å². The van der Waals surface area contributed by atoms with Crippen molar-refractivity contribution >= 4 is 17.7 Å². The first-order valence-electron chi connectivity index (χ1n) is 17.3. The molecule has 55 heavy (non-hydrogen) atoms. The zero-order chi connectivity index (χ0) is 39.4. The topological polar surface area (TPSA) is 176 Å². The van der Waals surface area contributed by atoms with E-state index in [4.69, 9.17) is 19.5 Å². The Morgan fingerprint density at radius 1 is 0.691 bits per heavy atom. The third-order valence-electron chi connectivity index (χ3n) is 7.98. The lowest BCUT2D eigenvalue weighted by atomic mass is 9.99. The highest BCUT2D eigenvalue weighted by Crippen LogP contribution is 2.20. The molecule has 284 valence electrons. The maximum absolute atomic E-state index is 13.2. The maximum Gasteiger partial charge on any atom is 0.408 e. The van der Waals surface area contributed by atoms with Crippen LogP contribution in [0.5, 0.6) is 0 Å².